The highest BCUT2D eigenvalue weighted by molar-refractivity contribution is 6.29. The predicted molar refractivity (Wildman–Crippen MR) is 94.2 cm³/mol. The lowest BCUT2D eigenvalue weighted by Crippen LogP contribution is -2.60. The van der Waals surface area contributed by atoms with Crippen LogP contribution in [0.1, 0.15) is 18.5 Å². The molecule has 0 spiro atoms. The number of amides is 2. The van der Waals surface area contributed by atoms with Crippen molar-refractivity contribution in [2.24, 2.45) is 5.73 Å². The van der Waals surface area contributed by atoms with E-state index in [1.807, 2.05) is 11.8 Å². The van der Waals surface area contributed by atoms with Gasteiger partial charge < -0.3 is 21.3 Å². The number of carbonyl (C=O) groups excluding carboxylic acids is 1. The number of hydrogen-bond donors (Lipinski definition) is 3. The van der Waals surface area contributed by atoms with Gasteiger partial charge in [0, 0.05) is 19.2 Å². The van der Waals surface area contributed by atoms with Crippen LogP contribution in [-0.4, -0.2) is 35.1 Å². The molecule has 2 aromatic rings. The Hall–Kier alpha value is -2.61. The molecule has 0 saturated carbocycles. The minimum atomic E-state index is -0.541. The fraction of sp³-hybridized carbons (Fsp3) is 0.312. The Balaban J connectivity index is 1.67. The summed E-state index contributed by atoms with van der Waals surface area (Å²) in [5.41, 5.74) is 6.01. The molecule has 1 fully saturated rings. The van der Waals surface area contributed by atoms with Gasteiger partial charge in [0.2, 0.25) is 5.95 Å². The van der Waals surface area contributed by atoms with Crippen molar-refractivity contribution in [1.82, 2.24) is 15.3 Å². The molecule has 9 heteroatoms. The standard InChI is InChI=1S/C16H18ClFN6O/c1-9(10-2-4-11(18)5-3-10)20-16-22-13(17)6-14(23-16)24-7-12(8-24)21-15(19)25/h2-6,9,12H,7-8H2,1H3,(H3,19,21,25)(H,20,22,23)/t9-/m0/s1. The first-order chi connectivity index (χ1) is 11.9. The van der Waals surface area contributed by atoms with Crippen LogP contribution in [0.3, 0.4) is 0 Å². The van der Waals surface area contributed by atoms with E-state index in [4.69, 9.17) is 17.3 Å². The summed E-state index contributed by atoms with van der Waals surface area (Å²) in [6.07, 6.45) is 0. The van der Waals surface area contributed by atoms with E-state index >= 15 is 0 Å². The quantitative estimate of drug-likeness (QED) is 0.707. The summed E-state index contributed by atoms with van der Waals surface area (Å²) < 4.78 is 13.0. The molecule has 25 heavy (non-hydrogen) atoms. The number of benzene rings is 1. The largest absolute Gasteiger partial charge is 0.352 e. The lowest BCUT2D eigenvalue weighted by atomic mass is 10.1. The number of anilines is 2. The second-order valence-corrected chi connectivity index (χ2v) is 6.29. The maximum absolute atomic E-state index is 13.0. The van der Waals surface area contributed by atoms with Gasteiger partial charge in [-0.2, -0.15) is 4.98 Å². The Kier molecular flexibility index (Phi) is 4.89. The topological polar surface area (TPSA) is 96.2 Å². The number of halogens is 2. The zero-order valence-corrected chi connectivity index (χ0v) is 14.3. The second-order valence-electron chi connectivity index (χ2n) is 5.90. The second kappa shape index (κ2) is 7.10. The van der Waals surface area contributed by atoms with Gasteiger partial charge >= 0.3 is 6.03 Å². The van der Waals surface area contributed by atoms with Crippen LogP contribution in [0.2, 0.25) is 5.15 Å². The van der Waals surface area contributed by atoms with E-state index in [1.54, 1.807) is 18.2 Å². The third-order valence-electron chi connectivity index (χ3n) is 3.95. The van der Waals surface area contributed by atoms with E-state index in [2.05, 4.69) is 20.6 Å². The highest BCUT2D eigenvalue weighted by Crippen LogP contribution is 2.25. The van der Waals surface area contributed by atoms with E-state index in [1.165, 1.54) is 12.1 Å². The minimum Gasteiger partial charge on any atom is -0.352 e. The maximum atomic E-state index is 13.0. The van der Waals surface area contributed by atoms with E-state index in [9.17, 15) is 9.18 Å². The van der Waals surface area contributed by atoms with Crippen LogP contribution in [0.25, 0.3) is 0 Å². The third kappa shape index (κ3) is 4.27. The Morgan fingerprint density at radius 2 is 2.04 bits per heavy atom. The van der Waals surface area contributed by atoms with Crippen molar-refractivity contribution in [2.45, 2.75) is 19.0 Å². The van der Waals surface area contributed by atoms with Gasteiger partial charge in [-0.1, -0.05) is 23.7 Å². The number of nitrogens with zero attached hydrogens (tertiary/aromatic N) is 3. The first kappa shape index (κ1) is 17.2. The highest BCUT2D eigenvalue weighted by Gasteiger charge is 2.29. The van der Waals surface area contributed by atoms with Crippen LogP contribution in [0.5, 0.6) is 0 Å². The van der Waals surface area contributed by atoms with E-state index in [-0.39, 0.29) is 17.9 Å². The van der Waals surface area contributed by atoms with E-state index < -0.39 is 6.03 Å². The molecule has 0 radical (unpaired) electrons. The van der Waals surface area contributed by atoms with Crippen molar-refractivity contribution in [3.8, 4) is 0 Å². The average Bonchev–Trinajstić information content (AvgIpc) is 2.50. The Labute approximate surface area is 149 Å². The lowest BCUT2D eigenvalue weighted by molar-refractivity contribution is 0.242. The van der Waals surface area contributed by atoms with Gasteiger partial charge in [-0.15, -0.1) is 0 Å². The molecule has 1 aromatic heterocycles. The van der Waals surface area contributed by atoms with Crippen LogP contribution in [-0.2, 0) is 0 Å². The van der Waals surface area contributed by atoms with Gasteiger partial charge in [0.25, 0.3) is 0 Å². The molecule has 1 aliphatic rings. The molecule has 0 aliphatic carbocycles. The number of aromatic nitrogens is 2. The molecule has 2 heterocycles. The van der Waals surface area contributed by atoms with E-state index in [0.717, 1.165) is 5.56 Å². The summed E-state index contributed by atoms with van der Waals surface area (Å²) in [4.78, 5) is 21.4. The molecule has 4 N–H and O–H groups in total. The molecule has 1 saturated heterocycles. The smallest absolute Gasteiger partial charge is 0.312 e. The van der Waals surface area contributed by atoms with Gasteiger partial charge in [0.05, 0.1) is 12.1 Å². The molecule has 1 atom stereocenters. The lowest BCUT2D eigenvalue weighted by Gasteiger charge is -2.40. The van der Waals surface area contributed by atoms with Crippen LogP contribution in [0.4, 0.5) is 21.0 Å². The normalized spacial score (nSPS) is 15.4. The number of primary amides is 1. The van der Waals surface area contributed by atoms with Crippen molar-refractivity contribution in [1.29, 1.82) is 0 Å². The Bertz CT molecular complexity index is 766. The molecule has 0 unspecified atom stereocenters. The van der Waals surface area contributed by atoms with Crippen LogP contribution < -0.4 is 21.3 Å². The first-order valence-corrected chi connectivity index (χ1v) is 8.16. The van der Waals surface area contributed by atoms with Crippen molar-refractivity contribution < 1.29 is 9.18 Å². The summed E-state index contributed by atoms with van der Waals surface area (Å²) in [5.74, 6) is 0.760. The fourth-order valence-corrected chi connectivity index (χ4v) is 2.80. The summed E-state index contributed by atoms with van der Waals surface area (Å²) >= 11 is 6.09. The molecule has 0 bridgehead atoms. The van der Waals surface area contributed by atoms with Gasteiger partial charge in [-0.3, -0.25) is 0 Å². The molecule has 2 amide bonds. The van der Waals surface area contributed by atoms with Crippen LogP contribution in [0, 0.1) is 5.82 Å². The summed E-state index contributed by atoms with van der Waals surface area (Å²) in [7, 11) is 0. The molecule has 132 valence electrons. The fourth-order valence-electron chi connectivity index (χ4n) is 2.62. The zero-order valence-electron chi connectivity index (χ0n) is 13.5. The average molecular weight is 365 g/mol. The van der Waals surface area contributed by atoms with Gasteiger partial charge in [0.15, 0.2) is 0 Å². The van der Waals surface area contributed by atoms with Crippen molar-refractivity contribution >= 4 is 29.4 Å². The molecule has 3 rings (SSSR count). The summed E-state index contributed by atoms with van der Waals surface area (Å²) in [6, 6.07) is 7.22. The van der Waals surface area contributed by atoms with Crippen LogP contribution in [0.15, 0.2) is 30.3 Å². The maximum Gasteiger partial charge on any atom is 0.312 e. The number of urea groups is 1. The van der Waals surface area contributed by atoms with Gasteiger partial charge in [0.1, 0.15) is 16.8 Å². The molecule has 7 nitrogen and oxygen atoms in total. The molecular formula is C16H18ClFN6O. The van der Waals surface area contributed by atoms with Crippen LogP contribution >= 0.6 is 11.6 Å². The summed E-state index contributed by atoms with van der Waals surface area (Å²) in [6.45, 7) is 3.13. The van der Waals surface area contributed by atoms with Crippen molar-refractivity contribution in [3.63, 3.8) is 0 Å². The van der Waals surface area contributed by atoms with E-state index in [0.29, 0.717) is 30.0 Å². The third-order valence-corrected chi connectivity index (χ3v) is 4.14. The SMILES string of the molecule is C[C@H](Nc1nc(Cl)cc(N2CC(NC(N)=O)C2)n1)c1ccc(F)cc1. The number of rotatable bonds is 5. The number of carbonyl (C=O) groups is 1. The number of nitrogens with two attached hydrogens (primary N) is 1. The predicted octanol–water partition coefficient (Wildman–Crippen LogP) is 2.30. The minimum absolute atomic E-state index is 0.000730. The highest BCUT2D eigenvalue weighted by atomic mass is 35.5. The monoisotopic (exact) mass is 364 g/mol. The Morgan fingerprint density at radius 3 is 2.68 bits per heavy atom. The van der Waals surface area contributed by atoms with Gasteiger partial charge in [-0.25, -0.2) is 14.2 Å². The number of hydrogen-bond acceptors (Lipinski definition) is 5. The zero-order chi connectivity index (χ0) is 18.0. The number of nitrogens with one attached hydrogen (secondary N) is 2. The molecular weight excluding hydrogens is 347 g/mol. The molecule has 1 aliphatic heterocycles. The van der Waals surface area contributed by atoms with Gasteiger partial charge in [-0.05, 0) is 24.6 Å². The first-order valence-electron chi connectivity index (χ1n) is 7.78. The van der Waals surface area contributed by atoms with Crippen molar-refractivity contribution in [3.05, 3.63) is 46.9 Å². The summed E-state index contributed by atoms with van der Waals surface area (Å²) in [5, 5.41) is 6.11. The Morgan fingerprint density at radius 1 is 1.36 bits per heavy atom. The van der Waals surface area contributed by atoms with Crippen molar-refractivity contribution in [2.75, 3.05) is 23.3 Å². The molecule has 1 aromatic carbocycles.